The Bertz CT molecular complexity index is 801. The molecule has 0 unspecified atom stereocenters. The highest BCUT2D eigenvalue weighted by Gasteiger charge is 2.16. The van der Waals surface area contributed by atoms with Gasteiger partial charge in [0.05, 0.1) is 6.42 Å². The van der Waals surface area contributed by atoms with Crippen molar-refractivity contribution in [2.45, 2.75) is 32.7 Å². The minimum absolute atomic E-state index is 0.0673. The van der Waals surface area contributed by atoms with Gasteiger partial charge in [-0.1, -0.05) is 13.3 Å². The van der Waals surface area contributed by atoms with Crippen molar-refractivity contribution in [1.29, 1.82) is 0 Å². The highest BCUT2D eigenvalue weighted by atomic mass is 16.4. The van der Waals surface area contributed by atoms with Crippen molar-refractivity contribution in [3.05, 3.63) is 20.8 Å². The lowest BCUT2D eigenvalue weighted by Gasteiger charge is -2.04. The van der Waals surface area contributed by atoms with Gasteiger partial charge in [0.2, 0.25) is 5.95 Å². The van der Waals surface area contributed by atoms with Crippen molar-refractivity contribution >= 4 is 23.1 Å². The molecule has 22 heavy (non-hydrogen) atoms. The lowest BCUT2D eigenvalue weighted by atomic mass is 10.3. The first-order valence-corrected chi connectivity index (χ1v) is 7.11. The van der Waals surface area contributed by atoms with Crippen LogP contribution >= 0.6 is 0 Å². The van der Waals surface area contributed by atoms with Crippen LogP contribution in [0.2, 0.25) is 0 Å². The number of aromatic amines is 1. The minimum atomic E-state index is -0.927. The molecule has 0 spiro atoms. The molecule has 0 saturated carbocycles. The van der Waals surface area contributed by atoms with Crippen LogP contribution in [0.25, 0.3) is 11.2 Å². The van der Waals surface area contributed by atoms with Crippen molar-refractivity contribution in [2.75, 3.05) is 11.9 Å². The molecule has 2 aromatic heterocycles. The fourth-order valence-electron chi connectivity index (χ4n) is 2.21. The standard InChI is InChI=1S/C13H19N5O4/c1-3-4-7-18-10-9(11(21)16-13(18)22)17(2)12(15-10)14-6-5-8(19)20/h3-7H2,1-2H3,(H,14,15)(H,19,20)(H,16,21,22). The highest BCUT2D eigenvalue weighted by molar-refractivity contribution is 5.74. The van der Waals surface area contributed by atoms with Crippen LogP contribution in [-0.4, -0.2) is 36.7 Å². The molecule has 0 atom stereocenters. The average Bonchev–Trinajstić information content (AvgIpc) is 2.76. The third-order valence-electron chi connectivity index (χ3n) is 3.37. The number of carboxylic acids is 1. The van der Waals surface area contributed by atoms with Crippen LogP contribution in [0, 0.1) is 0 Å². The maximum absolute atomic E-state index is 12.0. The van der Waals surface area contributed by atoms with Gasteiger partial charge in [-0.25, -0.2) is 4.79 Å². The van der Waals surface area contributed by atoms with Crippen molar-refractivity contribution < 1.29 is 9.90 Å². The van der Waals surface area contributed by atoms with Crippen LogP contribution in [0.5, 0.6) is 0 Å². The highest BCUT2D eigenvalue weighted by Crippen LogP contribution is 2.13. The molecule has 0 saturated heterocycles. The Labute approximate surface area is 125 Å². The number of nitrogens with zero attached hydrogens (tertiary/aromatic N) is 3. The summed E-state index contributed by atoms with van der Waals surface area (Å²) in [4.78, 5) is 41.1. The van der Waals surface area contributed by atoms with Gasteiger partial charge in [-0.3, -0.25) is 19.1 Å². The molecular weight excluding hydrogens is 290 g/mol. The number of carboxylic acid groups (broad SMARTS) is 1. The third-order valence-corrected chi connectivity index (χ3v) is 3.37. The van der Waals surface area contributed by atoms with Gasteiger partial charge in [0.25, 0.3) is 5.56 Å². The van der Waals surface area contributed by atoms with Crippen LogP contribution in [0.1, 0.15) is 26.2 Å². The molecular formula is C13H19N5O4. The van der Waals surface area contributed by atoms with Gasteiger partial charge in [-0.05, 0) is 6.42 Å². The van der Waals surface area contributed by atoms with Crippen molar-refractivity contribution in [1.82, 2.24) is 19.1 Å². The first-order chi connectivity index (χ1) is 10.5. The topological polar surface area (TPSA) is 122 Å². The lowest BCUT2D eigenvalue weighted by molar-refractivity contribution is -0.136. The number of aromatic nitrogens is 4. The van der Waals surface area contributed by atoms with Gasteiger partial charge in [0, 0.05) is 20.1 Å². The van der Waals surface area contributed by atoms with E-state index in [0.29, 0.717) is 18.1 Å². The second-order valence-electron chi connectivity index (χ2n) is 5.00. The van der Waals surface area contributed by atoms with E-state index >= 15 is 0 Å². The molecule has 0 aliphatic carbocycles. The summed E-state index contributed by atoms with van der Waals surface area (Å²) in [5.41, 5.74) is -0.397. The van der Waals surface area contributed by atoms with Crippen molar-refractivity contribution in [2.24, 2.45) is 7.05 Å². The Morgan fingerprint density at radius 1 is 1.41 bits per heavy atom. The number of fused-ring (bicyclic) bond motifs is 1. The molecule has 0 radical (unpaired) electrons. The summed E-state index contributed by atoms with van der Waals surface area (Å²) in [6.45, 7) is 2.66. The number of carbonyl (C=O) groups is 1. The Morgan fingerprint density at radius 2 is 2.14 bits per heavy atom. The van der Waals surface area contributed by atoms with Gasteiger partial charge in [0.15, 0.2) is 11.2 Å². The number of nitrogens with one attached hydrogen (secondary N) is 2. The van der Waals surface area contributed by atoms with E-state index < -0.39 is 17.2 Å². The number of imidazole rings is 1. The van der Waals surface area contributed by atoms with E-state index in [4.69, 9.17) is 5.11 Å². The Morgan fingerprint density at radius 3 is 2.77 bits per heavy atom. The molecule has 0 amide bonds. The molecule has 2 rings (SSSR count). The number of rotatable bonds is 7. The second kappa shape index (κ2) is 6.46. The fraction of sp³-hybridized carbons (Fsp3) is 0.538. The Hall–Kier alpha value is -2.58. The number of H-pyrrole nitrogens is 1. The van der Waals surface area contributed by atoms with Gasteiger partial charge >= 0.3 is 11.7 Å². The summed E-state index contributed by atoms with van der Waals surface area (Å²) in [5.74, 6) is -0.568. The van der Waals surface area contributed by atoms with E-state index in [9.17, 15) is 14.4 Å². The van der Waals surface area contributed by atoms with Crippen LogP contribution in [-0.2, 0) is 18.4 Å². The predicted molar refractivity (Wildman–Crippen MR) is 81.2 cm³/mol. The molecule has 9 nitrogen and oxygen atoms in total. The molecule has 2 aromatic rings. The van der Waals surface area contributed by atoms with E-state index in [1.54, 1.807) is 7.05 Å². The normalized spacial score (nSPS) is 11.0. The zero-order valence-electron chi connectivity index (χ0n) is 12.5. The SMILES string of the molecule is CCCCn1c(=O)[nH]c(=O)c2c1nc(NCCC(=O)O)n2C. The van der Waals surface area contributed by atoms with Crippen molar-refractivity contribution in [3.8, 4) is 0 Å². The lowest BCUT2D eigenvalue weighted by Crippen LogP contribution is -2.31. The molecule has 2 heterocycles. The predicted octanol–water partition coefficient (Wildman–Crippen LogP) is 0.110. The fourth-order valence-corrected chi connectivity index (χ4v) is 2.21. The van der Waals surface area contributed by atoms with Gasteiger partial charge < -0.3 is 15.0 Å². The van der Waals surface area contributed by atoms with Gasteiger partial charge in [-0.2, -0.15) is 4.98 Å². The van der Waals surface area contributed by atoms with Gasteiger partial charge in [-0.15, -0.1) is 0 Å². The number of unbranched alkanes of at least 4 members (excludes halogenated alkanes) is 1. The first kappa shape index (κ1) is 15.8. The Kier molecular flexibility index (Phi) is 4.64. The second-order valence-corrected chi connectivity index (χ2v) is 5.00. The van der Waals surface area contributed by atoms with E-state index in [-0.39, 0.29) is 18.5 Å². The van der Waals surface area contributed by atoms with Crippen LogP contribution in [0.4, 0.5) is 5.95 Å². The van der Waals surface area contributed by atoms with Crippen LogP contribution in [0.3, 0.4) is 0 Å². The van der Waals surface area contributed by atoms with Gasteiger partial charge in [0.1, 0.15) is 0 Å². The summed E-state index contributed by atoms with van der Waals surface area (Å²) in [7, 11) is 1.64. The zero-order chi connectivity index (χ0) is 16.3. The number of aryl methyl sites for hydroxylation is 2. The maximum atomic E-state index is 12.0. The molecule has 0 aliphatic rings. The number of hydrogen-bond acceptors (Lipinski definition) is 5. The average molecular weight is 309 g/mol. The van der Waals surface area contributed by atoms with E-state index in [1.165, 1.54) is 9.13 Å². The van der Waals surface area contributed by atoms with E-state index in [1.807, 2.05) is 6.92 Å². The molecule has 0 bridgehead atoms. The largest absolute Gasteiger partial charge is 0.481 e. The van der Waals surface area contributed by atoms with Crippen LogP contribution < -0.4 is 16.6 Å². The molecule has 0 aliphatic heterocycles. The summed E-state index contributed by atoms with van der Waals surface area (Å²) in [5, 5.41) is 11.5. The number of anilines is 1. The summed E-state index contributed by atoms with van der Waals surface area (Å²) < 4.78 is 2.96. The number of hydrogen-bond donors (Lipinski definition) is 3. The minimum Gasteiger partial charge on any atom is -0.481 e. The quantitative estimate of drug-likeness (QED) is 0.667. The monoisotopic (exact) mass is 309 g/mol. The van der Waals surface area contributed by atoms with E-state index in [2.05, 4.69) is 15.3 Å². The summed E-state index contributed by atoms with van der Waals surface area (Å²) >= 11 is 0. The molecule has 9 heteroatoms. The Balaban J connectivity index is 2.47. The maximum Gasteiger partial charge on any atom is 0.330 e. The smallest absolute Gasteiger partial charge is 0.330 e. The molecule has 0 aromatic carbocycles. The first-order valence-electron chi connectivity index (χ1n) is 7.11. The van der Waals surface area contributed by atoms with Crippen molar-refractivity contribution in [3.63, 3.8) is 0 Å². The third kappa shape index (κ3) is 3.02. The number of aliphatic carboxylic acids is 1. The summed E-state index contributed by atoms with van der Waals surface area (Å²) in [6.07, 6.45) is 1.63. The van der Waals surface area contributed by atoms with Crippen LogP contribution in [0.15, 0.2) is 9.59 Å². The molecule has 0 fully saturated rings. The van der Waals surface area contributed by atoms with E-state index in [0.717, 1.165) is 12.8 Å². The molecule has 3 N–H and O–H groups in total. The molecule has 120 valence electrons. The zero-order valence-corrected chi connectivity index (χ0v) is 12.5. The summed E-state index contributed by atoms with van der Waals surface area (Å²) in [6, 6.07) is 0.